The van der Waals surface area contributed by atoms with Gasteiger partial charge in [0.05, 0.1) is 18.9 Å². The molecule has 1 unspecified atom stereocenters. The van der Waals surface area contributed by atoms with Crippen molar-refractivity contribution in [1.82, 2.24) is 20.2 Å². The summed E-state index contributed by atoms with van der Waals surface area (Å²) < 4.78 is 13.5. The molecule has 0 aliphatic carbocycles. The predicted octanol–water partition coefficient (Wildman–Crippen LogP) is 5.55. The van der Waals surface area contributed by atoms with Crippen LogP contribution in [0.2, 0.25) is 0 Å². The van der Waals surface area contributed by atoms with E-state index in [-0.39, 0.29) is 6.42 Å². The number of aromatic nitrogens is 4. The SMILES string of the molecule is CCCCOc1ccc(C)cc1-c1ccc(COc2ccc(C(CC(=O)O)c3nnnn3C)cc2)cc1. The van der Waals surface area contributed by atoms with Gasteiger partial charge in [0, 0.05) is 12.6 Å². The minimum Gasteiger partial charge on any atom is -0.493 e. The second-order valence-electron chi connectivity index (χ2n) is 9.07. The van der Waals surface area contributed by atoms with Crippen LogP contribution in [0.25, 0.3) is 11.1 Å². The van der Waals surface area contributed by atoms with Crippen molar-refractivity contribution in [3.8, 4) is 22.6 Å². The molecule has 0 saturated heterocycles. The van der Waals surface area contributed by atoms with Crippen LogP contribution < -0.4 is 9.47 Å². The summed E-state index contributed by atoms with van der Waals surface area (Å²) in [5.41, 5.74) is 5.24. The highest BCUT2D eigenvalue weighted by Crippen LogP contribution is 2.32. The molecule has 8 heteroatoms. The Balaban J connectivity index is 1.42. The summed E-state index contributed by atoms with van der Waals surface area (Å²) in [5.74, 6) is 0.743. The van der Waals surface area contributed by atoms with Gasteiger partial charge in [-0.25, -0.2) is 4.68 Å². The standard InChI is InChI=1S/C29H32N4O4/c1-4-5-16-36-27-15-6-20(2)17-25(27)22-9-7-21(8-10-22)19-37-24-13-11-23(12-14-24)26(18-28(34)35)29-30-31-32-33(29)3/h6-15,17,26H,4-5,16,18-19H2,1-3H3,(H,34,35). The first-order valence-electron chi connectivity index (χ1n) is 12.4. The molecule has 1 atom stereocenters. The summed E-state index contributed by atoms with van der Waals surface area (Å²) in [6.45, 7) is 5.37. The summed E-state index contributed by atoms with van der Waals surface area (Å²) in [6, 6.07) is 22.0. The number of tetrazole rings is 1. The van der Waals surface area contributed by atoms with E-state index in [1.165, 1.54) is 10.2 Å². The van der Waals surface area contributed by atoms with Crippen molar-refractivity contribution in [2.75, 3.05) is 6.61 Å². The molecule has 3 aromatic carbocycles. The Bertz CT molecular complexity index is 1320. The van der Waals surface area contributed by atoms with Crippen LogP contribution in [0.15, 0.2) is 66.7 Å². The zero-order valence-electron chi connectivity index (χ0n) is 21.4. The Labute approximate surface area is 216 Å². The molecule has 192 valence electrons. The highest BCUT2D eigenvalue weighted by atomic mass is 16.5. The highest BCUT2D eigenvalue weighted by molar-refractivity contribution is 5.71. The molecule has 37 heavy (non-hydrogen) atoms. The lowest BCUT2D eigenvalue weighted by atomic mass is 9.95. The molecule has 0 spiro atoms. The predicted molar refractivity (Wildman–Crippen MR) is 141 cm³/mol. The number of nitrogens with zero attached hydrogens (tertiary/aromatic N) is 4. The number of carboxylic acid groups (broad SMARTS) is 1. The van der Waals surface area contributed by atoms with Crippen LogP contribution in [0.1, 0.15) is 54.6 Å². The zero-order chi connectivity index (χ0) is 26.2. The molecule has 0 aliphatic heterocycles. The average Bonchev–Trinajstić information content (AvgIpc) is 3.33. The summed E-state index contributed by atoms with van der Waals surface area (Å²) >= 11 is 0. The van der Waals surface area contributed by atoms with Gasteiger partial charge in [0.25, 0.3) is 0 Å². The molecular weight excluding hydrogens is 468 g/mol. The maximum Gasteiger partial charge on any atom is 0.304 e. The van der Waals surface area contributed by atoms with Gasteiger partial charge in [0.1, 0.15) is 18.1 Å². The molecule has 0 amide bonds. The molecular formula is C29H32N4O4. The normalized spacial score (nSPS) is 11.8. The van der Waals surface area contributed by atoms with Gasteiger partial charge in [-0.3, -0.25) is 4.79 Å². The van der Waals surface area contributed by atoms with E-state index in [4.69, 9.17) is 9.47 Å². The smallest absolute Gasteiger partial charge is 0.304 e. The first-order chi connectivity index (χ1) is 17.9. The van der Waals surface area contributed by atoms with Gasteiger partial charge in [-0.05, 0) is 64.7 Å². The van der Waals surface area contributed by atoms with E-state index in [2.05, 4.69) is 65.8 Å². The second kappa shape index (κ2) is 12.2. The monoisotopic (exact) mass is 500 g/mol. The van der Waals surface area contributed by atoms with E-state index in [0.29, 0.717) is 24.8 Å². The van der Waals surface area contributed by atoms with Crippen LogP contribution in [-0.4, -0.2) is 37.9 Å². The second-order valence-corrected chi connectivity index (χ2v) is 9.07. The number of rotatable bonds is 12. The van der Waals surface area contributed by atoms with Gasteiger partial charge >= 0.3 is 5.97 Å². The van der Waals surface area contributed by atoms with Gasteiger partial charge < -0.3 is 14.6 Å². The third-order valence-corrected chi connectivity index (χ3v) is 6.19. The first kappa shape index (κ1) is 25.9. The maximum absolute atomic E-state index is 11.4. The topological polar surface area (TPSA) is 99.4 Å². The Hall–Kier alpha value is -4.20. The number of aliphatic carboxylic acids is 1. The van der Waals surface area contributed by atoms with E-state index in [9.17, 15) is 9.90 Å². The highest BCUT2D eigenvalue weighted by Gasteiger charge is 2.23. The fraction of sp³-hybridized carbons (Fsp3) is 0.310. The number of aryl methyl sites for hydroxylation is 2. The Morgan fingerprint density at radius 3 is 2.43 bits per heavy atom. The number of carbonyl (C=O) groups is 1. The van der Waals surface area contributed by atoms with Gasteiger partial charge in [0.2, 0.25) is 0 Å². The van der Waals surface area contributed by atoms with E-state index >= 15 is 0 Å². The van der Waals surface area contributed by atoms with Crippen LogP contribution in [-0.2, 0) is 18.4 Å². The fourth-order valence-electron chi connectivity index (χ4n) is 4.13. The number of carboxylic acids is 1. The van der Waals surface area contributed by atoms with Gasteiger partial charge in [-0.2, -0.15) is 0 Å². The van der Waals surface area contributed by atoms with E-state index in [1.807, 2.05) is 30.3 Å². The lowest BCUT2D eigenvalue weighted by Gasteiger charge is -2.15. The van der Waals surface area contributed by atoms with E-state index in [1.54, 1.807) is 7.05 Å². The minimum atomic E-state index is -0.915. The van der Waals surface area contributed by atoms with Gasteiger partial charge in [-0.15, -0.1) is 5.10 Å². The minimum absolute atomic E-state index is 0.104. The van der Waals surface area contributed by atoms with Crippen LogP contribution in [0.5, 0.6) is 11.5 Å². The van der Waals surface area contributed by atoms with Crippen molar-refractivity contribution in [2.24, 2.45) is 7.05 Å². The maximum atomic E-state index is 11.4. The van der Waals surface area contributed by atoms with Crippen molar-refractivity contribution in [3.63, 3.8) is 0 Å². The molecule has 4 aromatic rings. The van der Waals surface area contributed by atoms with Crippen molar-refractivity contribution in [3.05, 3.63) is 89.2 Å². The molecule has 8 nitrogen and oxygen atoms in total. The lowest BCUT2D eigenvalue weighted by Crippen LogP contribution is -2.13. The third kappa shape index (κ3) is 6.73. The molecule has 1 N–H and O–H groups in total. The number of unbranched alkanes of at least 4 members (excludes halogenated alkanes) is 1. The Morgan fingerprint density at radius 2 is 1.78 bits per heavy atom. The first-order valence-corrected chi connectivity index (χ1v) is 12.4. The van der Waals surface area contributed by atoms with Gasteiger partial charge in [0.15, 0.2) is 5.82 Å². The number of hydrogen-bond acceptors (Lipinski definition) is 6. The van der Waals surface area contributed by atoms with Crippen LogP contribution in [0.3, 0.4) is 0 Å². The summed E-state index contributed by atoms with van der Waals surface area (Å²) in [6.07, 6.45) is 2.02. The van der Waals surface area contributed by atoms with Crippen molar-refractivity contribution in [1.29, 1.82) is 0 Å². The molecule has 4 rings (SSSR count). The lowest BCUT2D eigenvalue weighted by molar-refractivity contribution is -0.137. The molecule has 1 heterocycles. The van der Waals surface area contributed by atoms with E-state index in [0.717, 1.165) is 40.8 Å². The molecule has 1 aromatic heterocycles. The zero-order valence-corrected chi connectivity index (χ0v) is 21.4. The summed E-state index contributed by atoms with van der Waals surface area (Å²) in [4.78, 5) is 11.4. The van der Waals surface area contributed by atoms with Crippen molar-refractivity contribution in [2.45, 2.75) is 45.6 Å². The average molecular weight is 501 g/mol. The summed E-state index contributed by atoms with van der Waals surface area (Å²) in [5, 5.41) is 20.8. The fourth-order valence-corrected chi connectivity index (χ4v) is 4.13. The third-order valence-electron chi connectivity index (χ3n) is 6.19. The quantitative estimate of drug-likeness (QED) is 0.255. The number of benzene rings is 3. The molecule has 0 aliphatic rings. The largest absolute Gasteiger partial charge is 0.493 e. The molecule has 0 bridgehead atoms. The van der Waals surface area contributed by atoms with Crippen molar-refractivity contribution < 1.29 is 19.4 Å². The van der Waals surface area contributed by atoms with Crippen molar-refractivity contribution >= 4 is 5.97 Å². The van der Waals surface area contributed by atoms with E-state index < -0.39 is 11.9 Å². The molecule has 0 radical (unpaired) electrons. The Kier molecular flexibility index (Phi) is 8.51. The number of ether oxygens (including phenoxy) is 2. The molecule has 0 saturated carbocycles. The summed E-state index contributed by atoms with van der Waals surface area (Å²) in [7, 11) is 1.70. The Morgan fingerprint density at radius 1 is 1.03 bits per heavy atom. The van der Waals surface area contributed by atoms with Crippen LogP contribution >= 0.6 is 0 Å². The van der Waals surface area contributed by atoms with Gasteiger partial charge in [-0.1, -0.05) is 61.4 Å². The van der Waals surface area contributed by atoms with Crippen LogP contribution in [0.4, 0.5) is 0 Å². The number of hydrogen-bond donors (Lipinski definition) is 1. The molecule has 0 fully saturated rings. The van der Waals surface area contributed by atoms with Crippen LogP contribution in [0, 0.1) is 6.92 Å².